The zero-order chi connectivity index (χ0) is 11.3. The lowest BCUT2D eigenvalue weighted by molar-refractivity contribution is 0.136. The molecule has 0 spiro atoms. The molecule has 1 unspecified atom stereocenters. The Bertz CT molecular complexity index is 286. The number of aromatic nitrogens is 4. The average molecular weight is 213 g/mol. The number of nitrogens with zero attached hydrogens (tertiary/aromatic N) is 5. The van der Waals surface area contributed by atoms with Gasteiger partial charge in [-0.1, -0.05) is 6.92 Å². The summed E-state index contributed by atoms with van der Waals surface area (Å²) in [5, 5.41) is 20.7. The van der Waals surface area contributed by atoms with Gasteiger partial charge in [0.1, 0.15) is 0 Å². The first-order valence-electron chi connectivity index (χ1n) is 5.25. The molecule has 86 valence electrons. The van der Waals surface area contributed by atoms with E-state index in [1.807, 2.05) is 11.9 Å². The molecule has 1 atom stereocenters. The molecule has 0 aliphatic rings. The number of aryl methyl sites for hydroxylation is 1. The number of hydrogen-bond donors (Lipinski definition) is 1. The second kappa shape index (κ2) is 5.77. The van der Waals surface area contributed by atoms with Gasteiger partial charge in [-0.15, -0.1) is 5.10 Å². The van der Waals surface area contributed by atoms with Gasteiger partial charge in [0.05, 0.1) is 12.6 Å². The topological polar surface area (TPSA) is 67.1 Å². The number of rotatable bonds is 6. The normalized spacial score (nSPS) is 13.4. The van der Waals surface area contributed by atoms with E-state index in [4.69, 9.17) is 0 Å². The van der Waals surface area contributed by atoms with Gasteiger partial charge < -0.3 is 5.11 Å². The van der Waals surface area contributed by atoms with Crippen molar-refractivity contribution in [2.75, 3.05) is 13.6 Å². The van der Waals surface area contributed by atoms with Crippen molar-refractivity contribution in [1.82, 2.24) is 25.1 Å². The van der Waals surface area contributed by atoms with E-state index in [1.54, 1.807) is 11.6 Å². The minimum atomic E-state index is -0.328. The van der Waals surface area contributed by atoms with Crippen molar-refractivity contribution in [2.24, 2.45) is 0 Å². The molecule has 1 rings (SSSR count). The summed E-state index contributed by atoms with van der Waals surface area (Å²) >= 11 is 0. The molecule has 0 aliphatic heterocycles. The summed E-state index contributed by atoms with van der Waals surface area (Å²) < 4.78 is 1.80. The van der Waals surface area contributed by atoms with Gasteiger partial charge in [-0.05, 0) is 30.8 Å². The van der Waals surface area contributed by atoms with Crippen molar-refractivity contribution in [3.63, 3.8) is 0 Å². The second-order valence-electron chi connectivity index (χ2n) is 3.86. The van der Waals surface area contributed by atoms with Crippen molar-refractivity contribution in [3.8, 4) is 0 Å². The molecule has 1 aromatic heterocycles. The fourth-order valence-electron chi connectivity index (χ4n) is 1.48. The Labute approximate surface area is 89.9 Å². The monoisotopic (exact) mass is 213 g/mol. The molecule has 0 bridgehead atoms. The highest BCUT2D eigenvalue weighted by atomic mass is 16.3. The minimum Gasteiger partial charge on any atom is -0.392 e. The molecule has 1 heterocycles. The first kappa shape index (κ1) is 12.1. The lowest BCUT2D eigenvalue weighted by Gasteiger charge is -2.17. The molecule has 0 saturated carbocycles. The van der Waals surface area contributed by atoms with Crippen LogP contribution < -0.4 is 0 Å². The lowest BCUT2D eigenvalue weighted by Crippen LogP contribution is -2.28. The molecular weight excluding hydrogens is 194 g/mol. The minimum absolute atomic E-state index is 0.328. The van der Waals surface area contributed by atoms with Crippen molar-refractivity contribution < 1.29 is 5.11 Å². The van der Waals surface area contributed by atoms with Crippen molar-refractivity contribution in [2.45, 2.75) is 39.5 Å². The first-order valence-corrected chi connectivity index (χ1v) is 5.25. The fraction of sp³-hybridized carbons (Fsp3) is 0.889. The van der Waals surface area contributed by atoms with Crippen LogP contribution in [0.5, 0.6) is 0 Å². The quantitative estimate of drug-likeness (QED) is 0.714. The van der Waals surface area contributed by atoms with Crippen molar-refractivity contribution >= 4 is 0 Å². The Morgan fingerprint density at radius 1 is 1.53 bits per heavy atom. The van der Waals surface area contributed by atoms with Gasteiger partial charge in [-0.25, -0.2) is 4.68 Å². The van der Waals surface area contributed by atoms with Crippen LogP contribution in [0.25, 0.3) is 0 Å². The Hall–Kier alpha value is -1.01. The summed E-state index contributed by atoms with van der Waals surface area (Å²) in [4.78, 5) is 2.00. The van der Waals surface area contributed by atoms with E-state index in [0.29, 0.717) is 13.1 Å². The summed E-state index contributed by atoms with van der Waals surface area (Å²) in [6.45, 7) is 5.98. The molecular formula is C9H19N5O. The van der Waals surface area contributed by atoms with E-state index >= 15 is 0 Å². The predicted molar refractivity (Wildman–Crippen MR) is 56.1 cm³/mol. The van der Waals surface area contributed by atoms with Crippen LogP contribution >= 0.6 is 0 Å². The third kappa shape index (κ3) is 3.93. The maximum Gasteiger partial charge on any atom is 0.165 e. The third-order valence-electron chi connectivity index (χ3n) is 2.03. The van der Waals surface area contributed by atoms with E-state index in [1.165, 1.54) is 0 Å². The summed E-state index contributed by atoms with van der Waals surface area (Å²) in [7, 11) is 1.94. The molecule has 0 fully saturated rings. The summed E-state index contributed by atoms with van der Waals surface area (Å²) in [6, 6.07) is 0. The molecule has 0 aromatic carbocycles. The summed E-state index contributed by atoms with van der Waals surface area (Å²) in [6.07, 6.45) is 0.684. The van der Waals surface area contributed by atoms with Crippen LogP contribution in [0.2, 0.25) is 0 Å². The van der Waals surface area contributed by atoms with E-state index in [2.05, 4.69) is 22.4 Å². The first-order chi connectivity index (χ1) is 7.13. The number of aliphatic hydroxyl groups excluding tert-OH is 1. The maximum atomic E-state index is 9.22. The van der Waals surface area contributed by atoms with Gasteiger partial charge in [0.25, 0.3) is 0 Å². The number of likely N-dealkylation sites (N-methyl/N-ethyl adjacent to an activating group) is 1. The van der Waals surface area contributed by atoms with Crippen LogP contribution in [0, 0.1) is 0 Å². The third-order valence-corrected chi connectivity index (χ3v) is 2.03. The van der Waals surface area contributed by atoms with Crippen LogP contribution in [-0.2, 0) is 13.1 Å². The standard InChI is InChI=1S/C9H19N5O/c1-4-5-14-9(10-11-12-14)7-13(3)6-8(2)15/h8,15H,4-7H2,1-3H3. The van der Waals surface area contributed by atoms with Crippen LogP contribution in [0.1, 0.15) is 26.1 Å². The number of aliphatic hydroxyl groups is 1. The molecule has 0 amide bonds. The highest BCUT2D eigenvalue weighted by Gasteiger charge is 2.09. The molecule has 1 N–H and O–H groups in total. The molecule has 0 aliphatic carbocycles. The zero-order valence-electron chi connectivity index (χ0n) is 9.59. The summed E-state index contributed by atoms with van der Waals surface area (Å²) in [5.74, 6) is 0.847. The van der Waals surface area contributed by atoms with Gasteiger partial charge in [-0.2, -0.15) is 0 Å². The lowest BCUT2D eigenvalue weighted by atomic mass is 10.3. The molecule has 0 radical (unpaired) electrons. The smallest absolute Gasteiger partial charge is 0.165 e. The second-order valence-corrected chi connectivity index (χ2v) is 3.86. The zero-order valence-corrected chi connectivity index (χ0v) is 9.59. The molecule has 6 heteroatoms. The van der Waals surface area contributed by atoms with Crippen molar-refractivity contribution in [3.05, 3.63) is 5.82 Å². The SMILES string of the molecule is CCCn1nnnc1CN(C)CC(C)O. The Morgan fingerprint density at radius 2 is 2.27 bits per heavy atom. The van der Waals surface area contributed by atoms with Crippen LogP contribution in [0.3, 0.4) is 0 Å². The van der Waals surface area contributed by atoms with E-state index < -0.39 is 0 Å². The molecule has 1 aromatic rings. The highest BCUT2D eigenvalue weighted by molar-refractivity contribution is 4.80. The number of tetrazole rings is 1. The Kier molecular flexibility index (Phi) is 4.64. The van der Waals surface area contributed by atoms with Gasteiger partial charge in [0.15, 0.2) is 5.82 Å². The molecule has 15 heavy (non-hydrogen) atoms. The van der Waals surface area contributed by atoms with Crippen LogP contribution in [-0.4, -0.2) is 49.9 Å². The largest absolute Gasteiger partial charge is 0.392 e. The maximum absolute atomic E-state index is 9.22. The highest BCUT2D eigenvalue weighted by Crippen LogP contribution is 1.99. The molecule has 0 saturated heterocycles. The summed E-state index contributed by atoms with van der Waals surface area (Å²) in [5.41, 5.74) is 0. The van der Waals surface area contributed by atoms with Crippen LogP contribution in [0.4, 0.5) is 0 Å². The predicted octanol–water partition coefficient (Wildman–Crippen LogP) is -0.104. The number of hydrogen-bond acceptors (Lipinski definition) is 5. The Balaban J connectivity index is 2.51. The van der Waals surface area contributed by atoms with Gasteiger partial charge in [0, 0.05) is 13.1 Å². The van der Waals surface area contributed by atoms with E-state index in [0.717, 1.165) is 18.8 Å². The van der Waals surface area contributed by atoms with Crippen molar-refractivity contribution in [1.29, 1.82) is 0 Å². The van der Waals surface area contributed by atoms with E-state index in [-0.39, 0.29) is 6.10 Å². The Morgan fingerprint density at radius 3 is 2.87 bits per heavy atom. The van der Waals surface area contributed by atoms with E-state index in [9.17, 15) is 5.11 Å². The van der Waals surface area contributed by atoms with Gasteiger partial charge >= 0.3 is 0 Å². The molecule has 6 nitrogen and oxygen atoms in total. The average Bonchev–Trinajstić information content (AvgIpc) is 2.52. The van der Waals surface area contributed by atoms with Gasteiger partial charge in [-0.3, -0.25) is 4.90 Å². The van der Waals surface area contributed by atoms with Gasteiger partial charge in [0.2, 0.25) is 0 Å². The fourth-order valence-corrected chi connectivity index (χ4v) is 1.48. The van der Waals surface area contributed by atoms with Crippen LogP contribution in [0.15, 0.2) is 0 Å².